The molecule has 2 aromatic rings. The van der Waals surface area contributed by atoms with Crippen LogP contribution in [0.1, 0.15) is 4.88 Å². The molecule has 4 heteroatoms. The van der Waals surface area contributed by atoms with E-state index in [1.165, 1.54) is 10.6 Å². The van der Waals surface area contributed by atoms with E-state index >= 15 is 0 Å². The number of likely N-dealkylation sites (N-methyl/N-ethyl adjacent to an activating group) is 1. The van der Waals surface area contributed by atoms with E-state index in [9.17, 15) is 0 Å². The highest BCUT2D eigenvalue weighted by Crippen LogP contribution is 2.13. The van der Waals surface area contributed by atoms with Crippen LogP contribution < -0.4 is 5.32 Å². The minimum atomic E-state index is 0.975. The number of hydrogen-bond acceptors (Lipinski definition) is 3. The number of nitrogens with zero attached hydrogens (tertiary/aromatic N) is 1. The van der Waals surface area contributed by atoms with Crippen LogP contribution in [0.4, 0.5) is 5.69 Å². The van der Waals surface area contributed by atoms with Gasteiger partial charge in [-0.3, -0.25) is 0 Å². The van der Waals surface area contributed by atoms with Crippen LogP contribution in [0.25, 0.3) is 0 Å². The fraction of sp³-hybridized carbons (Fsp3) is 0.333. The Balaban J connectivity index is 1.63. The molecule has 0 aliphatic carbocycles. The topological polar surface area (TPSA) is 15.3 Å². The van der Waals surface area contributed by atoms with Gasteiger partial charge < -0.3 is 10.2 Å². The summed E-state index contributed by atoms with van der Waals surface area (Å²) in [6, 6.07) is 12.6. The molecule has 0 radical (unpaired) electrons. The maximum atomic E-state index is 3.44. The molecule has 0 aliphatic heterocycles. The summed E-state index contributed by atoms with van der Waals surface area (Å²) in [5.74, 6) is 0. The Morgan fingerprint density at radius 2 is 1.95 bits per heavy atom. The molecule has 0 spiro atoms. The lowest BCUT2D eigenvalue weighted by molar-refractivity contribution is 0.352. The second kappa shape index (κ2) is 7.68. The zero-order valence-corrected chi connectivity index (χ0v) is 13.5. The number of rotatable bonds is 7. The highest BCUT2D eigenvalue weighted by Gasteiger charge is 2.00. The van der Waals surface area contributed by atoms with E-state index in [0.717, 1.165) is 30.5 Å². The van der Waals surface area contributed by atoms with E-state index in [0.29, 0.717) is 0 Å². The average Bonchev–Trinajstić information content (AvgIpc) is 2.92. The third kappa shape index (κ3) is 5.35. The predicted octanol–water partition coefficient (Wildman–Crippen LogP) is 4.10. The van der Waals surface area contributed by atoms with E-state index < -0.39 is 0 Å². The lowest BCUT2D eigenvalue weighted by Gasteiger charge is -2.16. The lowest BCUT2D eigenvalue weighted by Crippen LogP contribution is -2.27. The van der Waals surface area contributed by atoms with Crippen LogP contribution in [-0.4, -0.2) is 31.6 Å². The van der Waals surface area contributed by atoms with Crippen LogP contribution >= 0.6 is 27.3 Å². The van der Waals surface area contributed by atoms with Gasteiger partial charge in [0, 0.05) is 34.7 Å². The monoisotopic (exact) mass is 338 g/mol. The summed E-state index contributed by atoms with van der Waals surface area (Å²) in [5, 5.41) is 5.58. The molecule has 1 N–H and O–H groups in total. The van der Waals surface area contributed by atoms with Crippen molar-refractivity contribution in [1.29, 1.82) is 0 Å². The summed E-state index contributed by atoms with van der Waals surface area (Å²) in [5.41, 5.74) is 1.18. The van der Waals surface area contributed by atoms with Crippen molar-refractivity contribution in [1.82, 2.24) is 4.90 Å². The summed E-state index contributed by atoms with van der Waals surface area (Å²) in [7, 11) is 2.18. The molecule has 0 unspecified atom stereocenters. The van der Waals surface area contributed by atoms with E-state index in [2.05, 4.69) is 75.0 Å². The van der Waals surface area contributed by atoms with Crippen LogP contribution in [0.2, 0.25) is 0 Å². The molecular formula is C15H19BrN2S. The van der Waals surface area contributed by atoms with Gasteiger partial charge in [0.15, 0.2) is 0 Å². The Morgan fingerprint density at radius 3 is 2.63 bits per heavy atom. The molecule has 0 saturated carbocycles. The Labute approximate surface area is 127 Å². The largest absolute Gasteiger partial charge is 0.384 e. The number of anilines is 1. The van der Waals surface area contributed by atoms with Crippen LogP contribution in [-0.2, 0) is 6.42 Å². The van der Waals surface area contributed by atoms with Crippen molar-refractivity contribution < 1.29 is 0 Å². The maximum absolute atomic E-state index is 3.44. The van der Waals surface area contributed by atoms with Crippen molar-refractivity contribution in [3.63, 3.8) is 0 Å². The number of halogens is 1. The fourth-order valence-corrected chi connectivity index (χ4v) is 2.79. The standard InChI is InChI=1S/C15H19BrN2S/c1-18(10-8-15-3-2-12-19-15)11-9-17-14-6-4-13(16)5-7-14/h2-7,12,17H,8-11H2,1H3. The van der Waals surface area contributed by atoms with Gasteiger partial charge in [0.05, 0.1) is 0 Å². The van der Waals surface area contributed by atoms with Gasteiger partial charge in [-0.25, -0.2) is 0 Å². The van der Waals surface area contributed by atoms with Crippen molar-refractivity contribution in [3.05, 3.63) is 51.1 Å². The van der Waals surface area contributed by atoms with Crippen molar-refractivity contribution >= 4 is 33.0 Å². The van der Waals surface area contributed by atoms with E-state index in [4.69, 9.17) is 0 Å². The molecule has 102 valence electrons. The van der Waals surface area contributed by atoms with E-state index in [1.54, 1.807) is 0 Å². The van der Waals surface area contributed by atoms with E-state index in [-0.39, 0.29) is 0 Å². The molecule has 1 aromatic carbocycles. The first-order valence-corrected chi connectivity index (χ1v) is 8.11. The zero-order valence-electron chi connectivity index (χ0n) is 11.1. The lowest BCUT2D eigenvalue weighted by atomic mass is 10.3. The Bertz CT molecular complexity index is 467. The number of thiophene rings is 1. The summed E-state index contributed by atoms with van der Waals surface area (Å²) in [4.78, 5) is 3.83. The predicted molar refractivity (Wildman–Crippen MR) is 88.2 cm³/mol. The summed E-state index contributed by atoms with van der Waals surface area (Å²) < 4.78 is 1.12. The van der Waals surface area contributed by atoms with Crippen LogP contribution in [0.3, 0.4) is 0 Å². The van der Waals surface area contributed by atoms with E-state index in [1.807, 2.05) is 11.3 Å². The third-order valence-corrected chi connectivity index (χ3v) is 4.45. The molecule has 1 heterocycles. The summed E-state index contributed by atoms with van der Waals surface area (Å²) in [6.45, 7) is 3.15. The first-order chi connectivity index (χ1) is 9.24. The first kappa shape index (κ1) is 14.6. The van der Waals surface area contributed by atoms with Gasteiger partial charge in [-0.2, -0.15) is 0 Å². The summed E-state index contributed by atoms with van der Waals surface area (Å²) >= 11 is 5.28. The van der Waals surface area contributed by atoms with Gasteiger partial charge >= 0.3 is 0 Å². The molecule has 0 fully saturated rings. The van der Waals surface area contributed by atoms with Crippen LogP contribution in [0, 0.1) is 0 Å². The quantitative estimate of drug-likeness (QED) is 0.817. The summed E-state index contributed by atoms with van der Waals surface area (Å²) in [6.07, 6.45) is 1.15. The molecule has 0 saturated heterocycles. The number of hydrogen-bond donors (Lipinski definition) is 1. The average molecular weight is 339 g/mol. The molecule has 2 rings (SSSR count). The first-order valence-electron chi connectivity index (χ1n) is 6.44. The van der Waals surface area contributed by atoms with Gasteiger partial charge in [-0.1, -0.05) is 22.0 Å². The van der Waals surface area contributed by atoms with Crippen LogP contribution in [0.5, 0.6) is 0 Å². The van der Waals surface area contributed by atoms with Gasteiger partial charge in [0.1, 0.15) is 0 Å². The molecule has 19 heavy (non-hydrogen) atoms. The van der Waals surface area contributed by atoms with Gasteiger partial charge in [-0.15, -0.1) is 11.3 Å². The van der Waals surface area contributed by atoms with Crippen molar-refractivity contribution in [2.75, 3.05) is 32.0 Å². The fourth-order valence-electron chi connectivity index (χ4n) is 1.83. The van der Waals surface area contributed by atoms with Crippen LogP contribution in [0.15, 0.2) is 46.3 Å². The van der Waals surface area contributed by atoms with Crippen molar-refractivity contribution in [2.45, 2.75) is 6.42 Å². The van der Waals surface area contributed by atoms with Gasteiger partial charge in [-0.05, 0) is 49.2 Å². The highest BCUT2D eigenvalue weighted by atomic mass is 79.9. The maximum Gasteiger partial charge on any atom is 0.0341 e. The van der Waals surface area contributed by atoms with Crippen molar-refractivity contribution in [3.8, 4) is 0 Å². The molecule has 0 aliphatic rings. The van der Waals surface area contributed by atoms with Crippen molar-refractivity contribution in [2.24, 2.45) is 0 Å². The number of nitrogens with one attached hydrogen (secondary N) is 1. The molecule has 1 aromatic heterocycles. The Kier molecular flexibility index (Phi) is 5.89. The SMILES string of the molecule is CN(CCNc1ccc(Br)cc1)CCc1cccs1. The Morgan fingerprint density at radius 1 is 1.16 bits per heavy atom. The molecule has 0 atom stereocenters. The third-order valence-electron chi connectivity index (χ3n) is 2.99. The number of benzene rings is 1. The molecule has 2 nitrogen and oxygen atoms in total. The zero-order chi connectivity index (χ0) is 13.5. The minimum Gasteiger partial charge on any atom is -0.384 e. The molecular weight excluding hydrogens is 320 g/mol. The highest BCUT2D eigenvalue weighted by molar-refractivity contribution is 9.10. The second-order valence-electron chi connectivity index (χ2n) is 4.57. The van der Waals surface area contributed by atoms with Gasteiger partial charge in [0.2, 0.25) is 0 Å². The molecule has 0 bridgehead atoms. The minimum absolute atomic E-state index is 0.975. The smallest absolute Gasteiger partial charge is 0.0341 e. The van der Waals surface area contributed by atoms with Gasteiger partial charge in [0.25, 0.3) is 0 Å². The normalized spacial score (nSPS) is 10.9. The molecule has 0 amide bonds. The second-order valence-corrected chi connectivity index (χ2v) is 6.51. The Hall–Kier alpha value is -0.840.